The average molecular weight is 253 g/mol. The van der Waals surface area contributed by atoms with Crippen LogP contribution in [0.2, 0.25) is 0 Å². The molecule has 2 heterocycles. The van der Waals surface area contributed by atoms with E-state index < -0.39 is 11.4 Å². The zero-order chi connectivity index (χ0) is 13.2. The van der Waals surface area contributed by atoms with Gasteiger partial charge in [0, 0.05) is 13.2 Å². The molecule has 0 bridgehead atoms. The third kappa shape index (κ3) is 2.73. The molecule has 1 aliphatic rings. The molecule has 2 rings (SSSR count). The highest BCUT2D eigenvalue weighted by molar-refractivity contribution is 5.75. The van der Waals surface area contributed by atoms with Crippen LogP contribution < -0.4 is 0 Å². The summed E-state index contributed by atoms with van der Waals surface area (Å²) >= 11 is 0. The fourth-order valence-corrected chi connectivity index (χ4v) is 2.38. The van der Waals surface area contributed by atoms with E-state index in [1.807, 2.05) is 31.0 Å². The van der Waals surface area contributed by atoms with E-state index in [0.717, 1.165) is 11.5 Å². The van der Waals surface area contributed by atoms with Gasteiger partial charge in [-0.2, -0.15) is 0 Å². The molecule has 0 radical (unpaired) electrons. The van der Waals surface area contributed by atoms with Gasteiger partial charge in [-0.1, -0.05) is 0 Å². The van der Waals surface area contributed by atoms with Gasteiger partial charge in [0.05, 0.1) is 13.2 Å². The Bertz CT molecular complexity index is 420. The lowest BCUT2D eigenvalue weighted by Gasteiger charge is -2.27. The van der Waals surface area contributed by atoms with Crippen LogP contribution in [0.15, 0.2) is 16.5 Å². The second kappa shape index (κ2) is 5.12. The Morgan fingerprint density at radius 1 is 1.56 bits per heavy atom. The van der Waals surface area contributed by atoms with Gasteiger partial charge in [-0.05, 0) is 32.5 Å². The Hall–Kier alpha value is -1.33. The summed E-state index contributed by atoms with van der Waals surface area (Å²) in [5.41, 5.74) is -0.767. The number of hydrogen-bond acceptors (Lipinski definition) is 4. The molecule has 0 aromatic carbocycles. The van der Waals surface area contributed by atoms with E-state index in [2.05, 4.69) is 0 Å². The number of carbonyl (C=O) groups is 1. The highest BCUT2D eigenvalue weighted by atomic mass is 16.5. The summed E-state index contributed by atoms with van der Waals surface area (Å²) in [4.78, 5) is 13.4. The standard InChI is InChI=1S/C13H19NO4/c1-10-3-4-11(18-10)7-14(2)8-13(12(15)16)5-6-17-9-13/h3-4H,5-9H2,1-2H3,(H,15,16). The fraction of sp³-hybridized carbons (Fsp3) is 0.615. The van der Waals surface area contributed by atoms with Gasteiger partial charge in [0.15, 0.2) is 0 Å². The Morgan fingerprint density at radius 2 is 2.33 bits per heavy atom. The van der Waals surface area contributed by atoms with E-state index in [1.54, 1.807) is 0 Å². The molecule has 0 amide bonds. The van der Waals surface area contributed by atoms with Crippen LogP contribution in [0, 0.1) is 12.3 Å². The van der Waals surface area contributed by atoms with Crippen LogP contribution >= 0.6 is 0 Å². The summed E-state index contributed by atoms with van der Waals surface area (Å²) in [7, 11) is 1.90. The third-order valence-corrected chi connectivity index (χ3v) is 3.35. The number of nitrogens with zero attached hydrogens (tertiary/aromatic N) is 1. The predicted octanol–water partition coefficient (Wildman–Crippen LogP) is 1.51. The summed E-state index contributed by atoms with van der Waals surface area (Å²) in [6, 6.07) is 3.83. The first-order valence-electron chi connectivity index (χ1n) is 6.07. The SMILES string of the molecule is Cc1ccc(CN(C)CC2(C(=O)O)CCOC2)o1. The molecule has 1 aromatic rings. The number of furan rings is 1. The fourth-order valence-electron chi connectivity index (χ4n) is 2.38. The lowest BCUT2D eigenvalue weighted by atomic mass is 9.87. The molecule has 1 fully saturated rings. The van der Waals surface area contributed by atoms with Gasteiger partial charge in [0.2, 0.25) is 0 Å². The Morgan fingerprint density at radius 3 is 2.83 bits per heavy atom. The molecule has 5 nitrogen and oxygen atoms in total. The van der Waals surface area contributed by atoms with E-state index in [4.69, 9.17) is 9.15 Å². The molecule has 18 heavy (non-hydrogen) atoms. The number of ether oxygens (including phenoxy) is 1. The highest BCUT2D eigenvalue weighted by Crippen LogP contribution is 2.30. The Balaban J connectivity index is 1.97. The highest BCUT2D eigenvalue weighted by Gasteiger charge is 2.43. The van der Waals surface area contributed by atoms with Crippen molar-refractivity contribution in [3.63, 3.8) is 0 Å². The zero-order valence-electron chi connectivity index (χ0n) is 10.8. The summed E-state index contributed by atoms with van der Waals surface area (Å²) in [5.74, 6) is 0.951. The van der Waals surface area contributed by atoms with Crippen LogP contribution in [-0.2, 0) is 16.1 Å². The van der Waals surface area contributed by atoms with Gasteiger partial charge in [0.1, 0.15) is 16.9 Å². The van der Waals surface area contributed by atoms with E-state index in [0.29, 0.717) is 32.7 Å². The van der Waals surface area contributed by atoms with Crippen molar-refractivity contribution >= 4 is 5.97 Å². The van der Waals surface area contributed by atoms with Crippen molar-refractivity contribution in [3.05, 3.63) is 23.7 Å². The molecule has 1 aliphatic heterocycles. The van der Waals surface area contributed by atoms with Gasteiger partial charge in [-0.25, -0.2) is 0 Å². The number of aliphatic carboxylic acids is 1. The molecule has 0 spiro atoms. The molecule has 0 saturated carbocycles. The molecular formula is C13H19NO4. The van der Waals surface area contributed by atoms with E-state index in [9.17, 15) is 9.90 Å². The third-order valence-electron chi connectivity index (χ3n) is 3.35. The second-order valence-corrected chi connectivity index (χ2v) is 5.07. The van der Waals surface area contributed by atoms with Crippen molar-refractivity contribution < 1.29 is 19.1 Å². The average Bonchev–Trinajstić information content (AvgIpc) is 2.89. The van der Waals surface area contributed by atoms with Crippen molar-refractivity contribution in [3.8, 4) is 0 Å². The summed E-state index contributed by atoms with van der Waals surface area (Å²) in [6.07, 6.45) is 0.573. The number of rotatable bonds is 5. The summed E-state index contributed by atoms with van der Waals surface area (Å²) in [5, 5.41) is 9.35. The molecule has 1 unspecified atom stereocenters. The minimum Gasteiger partial charge on any atom is -0.481 e. The molecule has 5 heteroatoms. The van der Waals surface area contributed by atoms with E-state index in [1.165, 1.54) is 0 Å². The first-order valence-corrected chi connectivity index (χ1v) is 6.07. The van der Waals surface area contributed by atoms with Gasteiger partial charge >= 0.3 is 5.97 Å². The lowest BCUT2D eigenvalue weighted by molar-refractivity contribution is -0.150. The number of carboxylic acid groups (broad SMARTS) is 1. The maximum atomic E-state index is 11.4. The topological polar surface area (TPSA) is 62.9 Å². The van der Waals surface area contributed by atoms with Crippen molar-refractivity contribution in [2.45, 2.75) is 19.9 Å². The Kier molecular flexibility index (Phi) is 3.73. The molecule has 100 valence electrons. The van der Waals surface area contributed by atoms with Crippen LogP contribution in [0.5, 0.6) is 0 Å². The maximum Gasteiger partial charge on any atom is 0.313 e. The normalized spacial score (nSPS) is 23.7. The van der Waals surface area contributed by atoms with Gasteiger partial charge in [0.25, 0.3) is 0 Å². The maximum absolute atomic E-state index is 11.4. The molecule has 1 saturated heterocycles. The van der Waals surface area contributed by atoms with Crippen molar-refractivity contribution in [1.29, 1.82) is 0 Å². The quantitative estimate of drug-likeness (QED) is 0.861. The summed E-state index contributed by atoms with van der Waals surface area (Å²) < 4.78 is 10.7. The first kappa shape index (κ1) is 13.1. The van der Waals surface area contributed by atoms with E-state index in [-0.39, 0.29) is 0 Å². The monoisotopic (exact) mass is 253 g/mol. The minimum absolute atomic E-state index is 0.295. The number of carboxylic acids is 1. The van der Waals surface area contributed by atoms with Crippen LogP contribution in [0.25, 0.3) is 0 Å². The van der Waals surface area contributed by atoms with Crippen LogP contribution in [0.1, 0.15) is 17.9 Å². The minimum atomic E-state index is -0.775. The summed E-state index contributed by atoms with van der Waals surface area (Å²) in [6.45, 7) is 3.81. The van der Waals surface area contributed by atoms with Crippen LogP contribution in [-0.4, -0.2) is 42.8 Å². The van der Waals surface area contributed by atoms with Gasteiger partial charge in [-0.3, -0.25) is 9.69 Å². The lowest BCUT2D eigenvalue weighted by Crippen LogP contribution is -2.42. The van der Waals surface area contributed by atoms with Crippen molar-refractivity contribution in [2.24, 2.45) is 5.41 Å². The number of hydrogen-bond donors (Lipinski definition) is 1. The van der Waals surface area contributed by atoms with E-state index >= 15 is 0 Å². The molecule has 1 atom stereocenters. The Labute approximate surface area is 106 Å². The van der Waals surface area contributed by atoms with Gasteiger partial charge < -0.3 is 14.3 Å². The van der Waals surface area contributed by atoms with Crippen molar-refractivity contribution in [2.75, 3.05) is 26.8 Å². The first-order chi connectivity index (χ1) is 8.52. The largest absolute Gasteiger partial charge is 0.481 e. The molecule has 1 N–H and O–H groups in total. The predicted molar refractivity (Wildman–Crippen MR) is 65.3 cm³/mol. The molecule has 1 aromatic heterocycles. The van der Waals surface area contributed by atoms with Crippen LogP contribution in [0.4, 0.5) is 0 Å². The number of aryl methyl sites for hydroxylation is 1. The zero-order valence-corrected chi connectivity index (χ0v) is 10.8. The van der Waals surface area contributed by atoms with Gasteiger partial charge in [-0.15, -0.1) is 0 Å². The molecular weight excluding hydrogens is 234 g/mol. The molecule has 0 aliphatic carbocycles. The second-order valence-electron chi connectivity index (χ2n) is 5.07. The smallest absolute Gasteiger partial charge is 0.313 e. The van der Waals surface area contributed by atoms with Crippen molar-refractivity contribution in [1.82, 2.24) is 4.90 Å². The van der Waals surface area contributed by atoms with Crippen LogP contribution in [0.3, 0.4) is 0 Å².